The molecule has 0 aliphatic rings. The predicted octanol–water partition coefficient (Wildman–Crippen LogP) is 3.06. The number of carbonyl (C=O) groups excluding carboxylic acids is 1. The van der Waals surface area contributed by atoms with E-state index in [2.05, 4.69) is 15.6 Å². The zero-order valence-corrected chi connectivity index (χ0v) is 13.5. The van der Waals surface area contributed by atoms with Gasteiger partial charge in [-0.05, 0) is 18.6 Å². The van der Waals surface area contributed by atoms with E-state index in [1.54, 1.807) is 24.4 Å². The Morgan fingerprint density at radius 3 is 2.13 bits per heavy atom. The normalized spacial score (nSPS) is 9.91. The molecule has 0 atom stereocenters. The summed E-state index contributed by atoms with van der Waals surface area (Å²) in [4.78, 5) is 16.2. The van der Waals surface area contributed by atoms with Gasteiger partial charge in [0.2, 0.25) is 5.75 Å². The summed E-state index contributed by atoms with van der Waals surface area (Å²) in [5.41, 5.74) is 1.52. The van der Waals surface area contributed by atoms with E-state index in [0.29, 0.717) is 28.8 Å². The number of methoxy groups -OCH3 is 3. The molecule has 2 aromatic rings. The summed E-state index contributed by atoms with van der Waals surface area (Å²) in [5, 5.41) is 5.35. The minimum atomic E-state index is -0.421. The van der Waals surface area contributed by atoms with Gasteiger partial charge in [0.25, 0.3) is 0 Å². The van der Waals surface area contributed by atoms with Gasteiger partial charge in [-0.15, -0.1) is 0 Å². The molecule has 23 heavy (non-hydrogen) atoms. The van der Waals surface area contributed by atoms with Gasteiger partial charge in [-0.1, -0.05) is 6.07 Å². The van der Waals surface area contributed by atoms with Crippen molar-refractivity contribution >= 4 is 17.5 Å². The van der Waals surface area contributed by atoms with Gasteiger partial charge in [-0.2, -0.15) is 0 Å². The fraction of sp³-hybridized carbons (Fsp3) is 0.250. The molecule has 0 spiro atoms. The smallest absolute Gasteiger partial charge is 0.324 e. The van der Waals surface area contributed by atoms with Crippen LogP contribution in [0.25, 0.3) is 0 Å². The molecule has 0 saturated carbocycles. The minimum Gasteiger partial charge on any atom is -0.493 e. The molecule has 0 unspecified atom stereocenters. The number of pyridine rings is 1. The van der Waals surface area contributed by atoms with Gasteiger partial charge in [-0.25, -0.2) is 9.78 Å². The lowest BCUT2D eigenvalue weighted by Gasteiger charge is -2.14. The lowest BCUT2D eigenvalue weighted by Crippen LogP contribution is -2.20. The summed E-state index contributed by atoms with van der Waals surface area (Å²) in [5.74, 6) is 1.83. The Labute approximate surface area is 134 Å². The van der Waals surface area contributed by atoms with Crippen LogP contribution in [-0.4, -0.2) is 32.3 Å². The summed E-state index contributed by atoms with van der Waals surface area (Å²) in [6.07, 6.45) is 1.68. The minimum absolute atomic E-state index is 0.421. The van der Waals surface area contributed by atoms with Crippen LogP contribution in [0.3, 0.4) is 0 Å². The van der Waals surface area contributed by atoms with Crippen LogP contribution in [0.1, 0.15) is 5.56 Å². The number of carbonyl (C=O) groups is 1. The number of aromatic nitrogens is 1. The summed E-state index contributed by atoms with van der Waals surface area (Å²) >= 11 is 0. The van der Waals surface area contributed by atoms with E-state index in [1.807, 2.05) is 13.0 Å². The molecule has 0 fully saturated rings. The van der Waals surface area contributed by atoms with Crippen molar-refractivity contribution in [3.63, 3.8) is 0 Å². The number of amides is 2. The molecule has 2 N–H and O–H groups in total. The zero-order chi connectivity index (χ0) is 16.8. The van der Waals surface area contributed by atoms with Crippen molar-refractivity contribution in [2.24, 2.45) is 0 Å². The molecule has 7 nitrogen and oxygen atoms in total. The molecule has 0 aliphatic carbocycles. The van der Waals surface area contributed by atoms with Gasteiger partial charge in [0.15, 0.2) is 11.5 Å². The number of urea groups is 1. The fourth-order valence-corrected chi connectivity index (χ4v) is 1.97. The van der Waals surface area contributed by atoms with Crippen LogP contribution in [0.5, 0.6) is 17.2 Å². The molecule has 1 aromatic heterocycles. The summed E-state index contributed by atoms with van der Waals surface area (Å²) < 4.78 is 15.7. The number of nitrogens with one attached hydrogen (secondary N) is 2. The molecule has 2 amide bonds. The Hall–Kier alpha value is -2.96. The second kappa shape index (κ2) is 7.35. The maximum atomic E-state index is 12.0. The number of hydrogen-bond acceptors (Lipinski definition) is 5. The van der Waals surface area contributed by atoms with Crippen molar-refractivity contribution in [3.8, 4) is 17.2 Å². The molecule has 0 bridgehead atoms. The number of hydrogen-bond donors (Lipinski definition) is 2. The van der Waals surface area contributed by atoms with Crippen molar-refractivity contribution in [1.29, 1.82) is 0 Å². The third-order valence-electron chi connectivity index (χ3n) is 3.08. The summed E-state index contributed by atoms with van der Waals surface area (Å²) in [6.45, 7) is 1.92. The third-order valence-corrected chi connectivity index (χ3v) is 3.08. The second-order valence-electron chi connectivity index (χ2n) is 4.71. The largest absolute Gasteiger partial charge is 0.493 e. The SMILES string of the molecule is COc1cc(NC(=O)Nc2ccc(C)cn2)cc(OC)c1OC. The van der Waals surface area contributed by atoms with E-state index in [9.17, 15) is 4.79 Å². The first kappa shape index (κ1) is 16.4. The lowest BCUT2D eigenvalue weighted by atomic mass is 10.2. The predicted molar refractivity (Wildman–Crippen MR) is 87.7 cm³/mol. The number of nitrogens with zero attached hydrogens (tertiary/aromatic N) is 1. The van der Waals surface area contributed by atoms with Gasteiger partial charge in [0.05, 0.1) is 27.0 Å². The van der Waals surface area contributed by atoms with Crippen molar-refractivity contribution in [2.45, 2.75) is 6.92 Å². The van der Waals surface area contributed by atoms with Crippen molar-refractivity contribution in [2.75, 3.05) is 32.0 Å². The molecular weight excluding hydrogens is 298 g/mol. The maximum absolute atomic E-state index is 12.0. The highest BCUT2D eigenvalue weighted by atomic mass is 16.5. The van der Waals surface area contributed by atoms with Crippen LogP contribution in [0.4, 0.5) is 16.3 Å². The highest BCUT2D eigenvalue weighted by Gasteiger charge is 2.14. The van der Waals surface area contributed by atoms with E-state index in [1.165, 1.54) is 21.3 Å². The van der Waals surface area contributed by atoms with Crippen molar-refractivity contribution in [1.82, 2.24) is 4.98 Å². The average Bonchev–Trinajstić information content (AvgIpc) is 2.55. The maximum Gasteiger partial charge on any atom is 0.324 e. The van der Waals surface area contributed by atoms with Crippen LogP contribution in [0.2, 0.25) is 0 Å². The number of anilines is 2. The Morgan fingerprint density at radius 2 is 1.65 bits per heavy atom. The molecule has 0 saturated heterocycles. The molecule has 122 valence electrons. The van der Waals surface area contributed by atoms with E-state index < -0.39 is 6.03 Å². The van der Waals surface area contributed by atoms with E-state index in [-0.39, 0.29) is 0 Å². The molecule has 7 heteroatoms. The Kier molecular flexibility index (Phi) is 5.24. The number of benzene rings is 1. The summed E-state index contributed by atoms with van der Waals surface area (Å²) in [7, 11) is 4.54. The first-order valence-electron chi connectivity index (χ1n) is 6.88. The first-order valence-corrected chi connectivity index (χ1v) is 6.88. The van der Waals surface area contributed by atoms with Crippen LogP contribution in [0.15, 0.2) is 30.5 Å². The Bertz CT molecular complexity index is 661. The summed E-state index contributed by atoms with van der Waals surface area (Å²) in [6, 6.07) is 6.45. The van der Waals surface area contributed by atoms with Crippen LogP contribution < -0.4 is 24.8 Å². The highest BCUT2D eigenvalue weighted by molar-refractivity contribution is 5.99. The van der Waals surface area contributed by atoms with Gasteiger partial charge in [0.1, 0.15) is 5.82 Å². The first-order chi connectivity index (χ1) is 11.1. The lowest BCUT2D eigenvalue weighted by molar-refractivity contribution is 0.262. The number of ether oxygens (including phenoxy) is 3. The molecule has 1 heterocycles. The van der Waals surface area contributed by atoms with Gasteiger partial charge < -0.3 is 19.5 Å². The van der Waals surface area contributed by atoms with E-state index in [4.69, 9.17) is 14.2 Å². The van der Waals surface area contributed by atoms with Crippen LogP contribution in [0, 0.1) is 6.92 Å². The van der Waals surface area contributed by atoms with E-state index >= 15 is 0 Å². The fourth-order valence-electron chi connectivity index (χ4n) is 1.97. The number of rotatable bonds is 5. The molecular formula is C16H19N3O4. The van der Waals surface area contributed by atoms with E-state index in [0.717, 1.165) is 5.56 Å². The Balaban J connectivity index is 2.15. The van der Waals surface area contributed by atoms with Crippen molar-refractivity contribution < 1.29 is 19.0 Å². The van der Waals surface area contributed by atoms with Gasteiger partial charge >= 0.3 is 6.03 Å². The number of aryl methyl sites for hydroxylation is 1. The van der Waals surface area contributed by atoms with Gasteiger partial charge in [0, 0.05) is 18.3 Å². The van der Waals surface area contributed by atoms with Crippen LogP contribution in [-0.2, 0) is 0 Å². The molecule has 0 radical (unpaired) electrons. The second-order valence-corrected chi connectivity index (χ2v) is 4.71. The van der Waals surface area contributed by atoms with Crippen molar-refractivity contribution in [3.05, 3.63) is 36.0 Å². The molecule has 1 aromatic carbocycles. The monoisotopic (exact) mass is 317 g/mol. The topological polar surface area (TPSA) is 81.7 Å². The molecule has 2 rings (SSSR count). The average molecular weight is 317 g/mol. The quantitative estimate of drug-likeness (QED) is 0.885. The van der Waals surface area contributed by atoms with Crippen LogP contribution >= 0.6 is 0 Å². The molecule has 0 aliphatic heterocycles. The van der Waals surface area contributed by atoms with Gasteiger partial charge in [-0.3, -0.25) is 5.32 Å². The highest BCUT2D eigenvalue weighted by Crippen LogP contribution is 2.39. The zero-order valence-electron chi connectivity index (χ0n) is 13.5. The standard InChI is InChI=1S/C16H19N3O4/c1-10-5-6-14(17-9-10)19-16(20)18-11-7-12(21-2)15(23-4)13(8-11)22-3/h5-9H,1-4H3,(H2,17,18,19,20). The third kappa shape index (κ3) is 4.03. The Morgan fingerprint density at radius 1 is 1.00 bits per heavy atom.